The van der Waals surface area contributed by atoms with Gasteiger partial charge in [0.2, 0.25) is 6.33 Å². The van der Waals surface area contributed by atoms with Crippen molar-refractivity contribution >= 4 is 33.4 Å². The summed E-state index contributed by atoms with van der Waals surface area (Å²) in [5.41, 5.74) is 1.32. The number of imidazole rings is 1. The summed E-state index contributed by atoms with van der Waals surface area (Å²) >= 11 is 3.38. The minimum Gasteiger partial charge on any atom is -0.507 e. The predicted molar refractivity (Wildman–Crippen MR) is 126 cm³/mol. The number of rotatable bonds is 8. The Morgan fingerprint density at radius 1 is 1.15 bits per heavy atom. The maximum absolute atomic E-state index is 13.1. The van der Waals surface area contributed by atoms with Gasteiger partial charge in [-0.05, 0) is 36.8 Å². The molecule has 2 aromatic carbocycles. The summed E-state index contributed by atoms with van der Waals surface area (Å²) in [5.74, 6) is -0.757. The number of ether oxygens (including phenoxy) is 1. The van der Waals surface area contributed by atoms with Crippen molar-refractivity contribution in [2.45, 2.75) is 25.9 Å². The molecule has 0 spiro atoms. The Morgan fingerprint density at radius 2 is 1.88 bits per heavy atom. The van der Waals surface area contributed by atoms with Crippen LogP contribution in [-0.2, 0) is 16.1 Å². The summed E-state index contributed by atoms with van der Waals surface area (Å²) in [5, 5.41) is 11.1. The number of carbonyl (C=O) groups is 2. The van der Waals surface area contributed by atoms with E-state index in [0.717, 1.165) is 10.0 Å². The summed E-state index contributed by atoms with van der Waals surface area (Å²) < 4.78 is 8.36. The first-order valence-electron chi connectivity index (χ1n) is 10.8. The number of likely N-dealkylation sites (tertiary alicyclic amines) is 1. The zero-order valence-corrected chi connectivity index (χ0v) is 19.8. The van der Waals surface area contributed by atoms with E-state index in [1.165, 1.54) is 0 Å². The minimum atomic E-state index is -0.680. The van der Waals surface area contributed by atoms with Crippen LogP contribution in [0.3, 0.4) is 0 Å². The molecule has 0 radical (unpaired) electrons. The van der Waals surface area contributed by atoms with Crippen LogP contribution in [0.25, 0.3) is 5.76 Å². The third-order valence-electron chi connectivity index (χ3n) is 5.58. The van der Waals surface area contributed by atoms with Gasteiger partial charge in [0.1, 0.15) is 23.9 Å². The van der Waals surface area contributed by atoms with Gasteiger partial charge in [-0.2, -0.15) is 0 Å². The second-order valence-electron chi connectivity index (χ2n) is 7.70. The van der Waals surface area contributed by atoms with Crippen molar-refractivity contribution in [3.8, 4) is 5.75 Å². The number of nitrogens with one attached hydrogen (secondary N) is 1. The lowest BCUT2D eigenvalue weighted by Crippen LogP contribution is -2.36. The number of hydrogen-bond acceptors (Lipinski definition) is 4. The Balaban J connectivity index is 1.71. The lowest BCUT2D eigenvalue weighted by atomic mass is 9.95. The van der Waals surface area contributed by atoms with E-state index in [1.54, 1.807) is 29.2 Å². The Hall–Kier alpha value is -3.39. The first-order chi connectivity index (χ1) is 16.0. The van der Waals surface area contributed by atoms with Crippen LogP contribution in [0.4, 0.5) is 0 Å². The molecule has 170 valence electrons. The highest BCUT2D eigenvalue weighted by Crippen LogP contribution is 2.40. The molecule has 1 atom stereocenters. The molecule has 7 nitrogen and oxygen atoms in total. The third kappa shape index (κ3) is 4.85. The second-order valence-corrected chi connectivity index (χ2v) is 8.62. The number of aryl methyl sites for hydroxylation is 1. The van der Waals surface area contributed by atoms with Crippen LogP contribution < -0.4 is 9.30 Å². The molecule has 33 heavy (non-hydrogen) atoms. The standard InChI is InChI=1S/C25H24BrN3O4/c1-2-33-20-10-6-17(7-11-20)22-21(23(30)18-4-8-19(26)9-5-18)24(31)25(32)29(22)14-3-13-28-15-12-27-16-28/h4-12,15-16,22H,2-3,13-14H2,1H3,(H,30,31)/p+1. The molecular weight excluding hydrogens is 486 g/mol. The van der Waals surface area contributed by atoms with E-state index in [0.29, 0.717) is 37.4 Å². The van der Waals surface area contributed by atoms with Crippen molar-refractivity contribution in [3.63, 3.8) is 0 Å². The fourth-order valence-electron chi connectivity index (χ4n) is 4.02. The molecule has 1 aromatic heterocycles. The summed E-state index contributed by atoms with van der Waals surface area (Å²) in [6.45, 7) is 3.51. The minimum absolute atomic E-state index is 0.0979. The van der Waals surface area contributed by atoms with E-state index in [-0.39, 0.29) is 11.3 Å². The van der Waals surface area contributed by atoms with Gasteiger partial charge in [0.15, 0.2) is 0 Å². The maximum atomic E-state index is 13.1. The van der Waals surface area contributed by atoms with Gasteiger partial charge in [0.05, 0.1) is 24.8 Å². The van der Waals surface area contributed by atoms with Crippen LogP contribution in [0, 0.1) is 0 Å². The molecule has 0 aliphatic carbocycles. The van der Waals surface area contributed by atoms with Crippen LogP contribution in [0.2, 0.25) is 0 Å². The Bertz CT molecular complexity index is 1160. The lowest BCUT2D eigenvalue weighted by Gasteiger charge is -2.25. The second kappa shape index (κ2) is 10.0. The highest BCUT2D eigenvalue weighted by Gasteiger charge is 2.45. The smallest absolute Gasteiger partial charge is 0.295 e. The quantitative estimate of drug-likeness (QED) is 0.207. The molecule has 2 N–H and O–H groups in total. The van der Waals surface area contributed by atoms with Crippen LogP contribution in [0.15, 0.2) is 77.3 Å². The van der Waals surface area contributed by atoms with E-state index in [4.69, 9.17) is 4.74 Å². The number of halogens is 1. The van der Waals surface area contributed by atoms with Crippen LogP contribution >= 0.6 is 15.9 Å². The topological polar surface area (TPSA) is 86.5 Å². The molecule has 2 heterocycles. The maximum Gasteiger partial charge on any atom is 0.295 e. The number of aromatic nitrogens is 2. The van der Waals surface area contributed by atoms with Crippen LogP contribution in [0.1, 0.15) is 30.5 Å². The first kappa shape index (κ1) is 22.8. The molecular formula is C25H25BrN3O4+. The molecule has 0 bridgehead atoms. The molecule has 1 aliphatic heterocycles. The molecule has 1 amide bonds. The number of benzene rings is 2. The number of Topliss-reactive ketones (excluding diaryl/α,β-unsaturated/α-hetero) is 1. The molecule has 1 fully saturated rings. The molecule has 1 aliphatic rings. The van der Waals surface area contributed by atoms with Gasteiger partial charge in [-0.15, -0.1) is 0 Å². The fraction of sp³-hybridized carbons (Fsp3) is 0.240. The van der Waals surface area contributed by atoms with Crippen molar-refractivity contribution in [1.82, 2.24) is 9.88 Å². The monoisotopic (exact) mass is 510 g/mol. The zero-order valence-electron chi connectivity index (χ0n) is 18.2. The highest BCUT2D eigenvalue weighted by atomic mass is 79.9. The van der Waals surface area contributed by atoms with E-state index in [2.05, 4.69) is 20.9 Å². The van der Waals surface area contributed by atoms with Crippen molar-refractivity contribution in [1.29, 1.82) is 0 Å². The third-order valence-corrected chi connectivity index (χ3v) is 6.11. The van der Waals surface area contributed by atoms with Gasteiger partial charge in [0.25, 0.3) is 11.7 Å². The molecule has 8 heteroatoms. The van der Waals surface area contributed by atoms with E-state index in [1.807, 2.05) is 54.5 Å². The molecule has 0 saturated carbocycles. The van der Waals surface area contributed by atoms with Crippen LogP contribution in [-0.4, -0.2) is 39.8 Å². The predicted octanol–water partition coefficient (Wildman–Crippen LogP) is 3.98. The Morgan fingerprint density at radius 3 is 2.52 bits per heavy atom. The van der Waals surface area contributed by atoms with E-state index < -0.39 is 17.7 Å². The zero-order chi connectivity index (χ0) is 23.4. The number of nitrogens with zero attached hydrogens (tertiary/aromatic N) is 2. The average molecular weight is 511 g/mol. The summed E-state index contributed by atoms with van der Waals surface area (Å²) in [6.07, 6.45) is 6.23. The SMILES string of the molecule is CCOc1ccc(C2/C(=C(\O)c3ccc(Br)cc3)C(=O)C(=O)N2CCC[n+]2cc[nH]c2)cc1. The molecule has 1 unspecified atom stereocenters. The average Bonchev–Trinajstić information content (AvgIpc) is 3.42. The number of amides is 1. The molecule has 4 rings (SSSR count). The number of ketones is 1. The van der Waals surface area contributed by atoms with Crippen LogP contribution in [0.5, 0.6) is 5.75 Å². The van der Waals surface area contributed by atoms with Gasteiger partial charge in [-0.3, -0.25) is 14.6 Å². The Labute approximate surface area is 200 Å². The largest absolute Gasteiger partial charge is 0.507 e. The van der Waals surface area contributed by atoms with Crippen molar-refractivity contribution in [2.24, 2.45) is 0 Å². The van der Waals surface area contributed by atoms with Gasteiger partial charge < -0.3 is 14.7 Å². The summed E-state index contributed by atoms with van der Waals surface area (Å²) in [6, 6.07) is 13.6. The van der Waals surface area contributed by atoms with Gasteiger partial charge in [0, 0.05) is 23.0 Å². The van der Waals surface area contributed by atoms with Crippen molar-refractivity contribution in [2.75, 3.05) is 13.2 Å². The number of aliphatic hydroxyl groups excluding tert-OH is 1. The highest BCUT2D eigenvalue weighted by molar-refractivity contribution is 9.10. The van der Waals surface area contributed by atoms with Crippen molar-refractivity contribution in [3.05, 3.63) is 88.4 Å². The Kier molecular flexibility index (Phi) is 6.93. The lowest BCUT2D eigenvalue weighted by molar-refractivity contribution is -0.695. The number of aromatic amines is 1. The molecule has 1 saturated heterocycles. The number of H-pyrrole nitrogens is 1. The van der Waals surface area contributed by atoms with Gasteiger partial charge in [-0.1, -0.05) is 40.2 Å². The summed E-state index contributed by atoms with van der Waals surface area (Å²) in [7, 11) is 0. The van der Waals surface area contributed by atoms with E-state index in [9.17, 15) is 14.7 Å². The normalized spacial score (nSPS) is 17.5. The number of carbonyl (C=O) groups excluding carboxylic acids is 2. The number of aliphatic hydroxyl groups is 1. The van der Waals surface area contributed by atoms with E-state index >= 15 is 0 Å². The van der Waals surface area contributed by atoms with Gasteiger partial charge in [-0.25, -0.2) is 4.57 Å². The van der Waals surface area contributed by atoms with Gasteiger partial charge >= 0.3 is 0 Å². The van der Waals surface area contributed by atoms with Crippen molar-refractivity contribution < 1.29 is 24.0 Å². The molecule has 3 aromatic rings. The summed E-state index contributed by atoms with van der Waals surface area (Å²) in [4.78, 5) is 30.7. The first-order valence-corrected chi connectivity index (χ1v) is 11.6. The fourth-order valence-corrected chi connectivity index (χ4v) is 4.28. The number of hydrogen-bond donors (Lipinski definition) is 2.